The first-order valence-corrected chi connectivity index (χ1v) is 12.6. The lowest BCUT2D eigenvalue weighted by Gasteiger charge is -2.57. The maximum atomic E-state index is 14.0. The first-order valence-electron chi connectivity index (χ1n) is 12.6. The lowest BCUT2D eigenvalue weighted by Crippen LogP contribution is -2.60. The number of ether oxygens (including phenoxy) is 1. The van der Waals surface area contributed by atoms with E-state index in [4.69, 9.17) is 4.74 Å². The van der Waals surface area contributed by atoms with Gasteiger partial charge in [0.05, 0.1) is 5.41 Å². The van der Waals surface area contributed by atoms with Crippen LogP contribution in [-0.4, -0.2) is 51.7 Å². The van der Waals surface area contributed by atoms with Gasteiger partial charge in [0.1, 0.15) is 11.6 Å². The molecule has 0 aromatic rings. The molecule has 2 unspecified atom stereocenters. The van der Waals surface area contributed by atoms with E-state index in [9.17, 15) is 19.5 Å². The van der Waals surface area contributed by atoms with E-state index in [-0.39, 0.29) is 23.4 Å². The number of amides is 2. The van der Waals surface area contributed by atoms with E-state index in [1.165, 1.54) is 19.3 Å². The highest BCUT2D eigenvalue weighted by atomic mass is 16.6. The Morgan fingerprint density at radius 1 is 0.938 bits per heavy atom. The van der Waals surface area contributed by atoms with Crippen LogP contribution in [-0.2, 0) is 14.3 Å². The van der Waals surface area contributed by atoms with Crippen LogP contribution in [0.3, 0.4) is 0 Å². The molecule has 0 aromatic heterocycles. The Balaban J connectivity index is 1.28. The van der Waals surface area contributed by atoms with Gasteiger partial charge in [-0.15, -0.1) is 0 Å². The van der Waals surface area contributed by atoms with Crippen molar-refractivity contribution in [2.24, 2.45) is 29.1 Å². The number of alkyl carbamates (subject to hydrolysis) is 1. The first-order chi connectivity index (χ1) is 15.0. The van der Waals surface area contributed by atoms with E-state index in [0.29, 0.717) is 18.7 Å². The van der Waals surface area contributed by atoms with E-state index in [0.717, 1.165) is 49.9 Å². The molecular formula is C25H38N2O5. The number of carboxylic acids is 1. The van der Waals surface area contributed by atoms with E-state index in [2.05, 4.69) is 10.2 Å². The molecule has 6 bridgehead atoms. The maximum Gasteiger partial charge on any atom is 0.408 e. The summed E-state index contributed by atoms with van der Waals surface area (Å²) < 4.78 is 5.30. The summed E-state index contributed by atoms with van der Waals surface area (Å²) in [7, 11) is 0. The van der Waals surface area contributed by atoms with E-state index < -0.39 is 23.7 Å². The Kier molecular flexibility index (Phi) is 5.25. The zero-order valence-electron chi connectivity index (χ0n) is 19.6. The monoisotopic (exact) mass is 446 g/mol. The fourth-order valence-corrected chi connectivity index (χ4v) is 8.29. The van der Waals surface area contributed by atoms with Crippen molar-refractivity contribution in [1.82, 2.24) is 10.2 Å². The minimum Gasteiger partial charge on any atom is -0.480 e. The number of aliphatic carboxylic acids is 1. The summed E-state index contributed by atoms with van der Waals surface area (Å²) >= 11 is 0. The summed E-state index contributed by atoms with van der Waals surface area (Å²) in [6.45, 7) is 5.28. The average Bonchev–Trinajstić information content (AvgIpc) is 2.92. The normalized spacial score (nSPS) is 40.8. The summed E-state index contributed by atoms with van der Waals surface area (Å²) in [5.74, 6) is 1.35. The van der Waals surface area contributed by atoms with Crippen molar-refractivity contribution >= 4 is 18.0 Å². The minimum absolute atomic E-state index is 0.0986. The molecule has 7 heteroatoms. The number of rotatable bonds is 4. The SMILES string of the molecule is CC(C)(C)OC(=O)N[C@H](C(=O)O)C1CC2CCC(C1)N2C(=O)C12CC3CC(CC(C3)C1)C2. The molecule has 2 heterocycles. The van der Waals surface area contributed by atoms with Crippen LogP contribution in [0.4, 0.5) is 4.79 Å². The predicted molar refractivity (Wildman–Crippen MR) is 118 cm³/mol. The van der Waals surface area contributed by atoms with E-state index in [1.54, 1.807) is 20.8 Å². The fourth-order valence-electron chi connectivity index (χ4n) is 8.29. The third-order valence-corrected chi connectivity index (χ3v) is 8.91. The van der Waals surface area contributed by atoms with Gasteiger partial charge in [0.25, 0.3) is 0 Å². The molecular weight excluding hydrogens is 408 g/mol. The molecule has 32 heavy (non-hydrogen) atoms. The predicted octanol–water partition coefficient (Wildman–Crippen LogP) is 3.95. The van der Waals surface area contributed by atoms with Gasteiger partial charge in [-0.1, -0.05) is 0 Å². The maximum absolute atomic E-state index is 14.0. The Labute approximate surface area is 190 Å². The van der Waals surface area contributed by atoms with Crippen molar-refractivity contribution in [3.05, 3.63) is 0 Å². The molecule has 0 spiro atoms. The highest BCUT2D eigenvalue weighted by molar-refractivity contribution is 5.85. The topological polar surface area (TPSA) is 95.9 Å². The number of fused-ring (bicyclic) bond motifs is 2. The number of hydrogen-bond donors (Lipinski definition) is 2. The summed E-state index contributed by atoms with van der Waals surface area (Å²) in [5.41, 5.74) is -0.830. The van der Waals surface area contributed by atoms with Crippen molar-refractivity contribution < 1.29 is 24.2 Å². The highest BCUT2D eigenvalue weighted by Crippen LogP contribution is 2.61. The van der Waals surface area contributed by atoms with Crippen molar-refractivity contribution in [1.29, 1.82) is 0 Å². The van der Waals surface area contributed by atoms with Gasteiger partial charge in [0.2, 0.25) is 5.91 Å². The van der Waals surface area contributed by atoms with Crippen LogP contribution in [0.1, 0.15) is 85.0 Å². The standard InChI is InChI=1S/C25H38N2O5/c1-24(2,3)32-23(31)26-20(21(28)29)17-9-18-4-5-19(10-17)27(18)22(30)25-11-14-6-15(12-25)8-16(7-14)13-25/h14-20H,4-13H2,1-3H3,(H,26,31)(H,28,29)/t14?,15?,16?,17?,18?,19?,20-,25?/m0/s1. The lowest BCUT2D eigenvalue weighted by atomic mass is 9.49. The molecule has 2 saturated heterocycles. The third kappa shape index (κ3) is 3.90. The third-order valence-electron chi connectivity index (χ3n) is 8.91. The number of nitrogens with one attached hydrogen (secondary N) is 1. The quantitative estimate of drug-likeness (QED) is 0.682. The Morgan fingerprint density at radius 3 is 1.88 bits per heavy atom. The number of piperidine rings is 1. The second kappa shape index (κ2) is 7.63. The zero-order valence-corrected chi connectivity index (χ0v) is 19.6. The molecule has 0 aromatic carbocycles. The number of carbonyl (C=O) groups is 3. The van der Waals surface area contributed by atoms with Crippen molar-refractivity contribution in [3.63, 3.8) is 0 Å². The lowest BCUT2D eigenvalue weighted by molar-refractivity contribution is -0.163. The van der Waals surface area contributed by atoms with Crippen molar-refractivity contribution in [2.75, 3.05) is 0 Å². The zero-order chi connectivity index (χ0) is 22.8. The fraction of sp³-hybridized carbons (Fsp3) is 0.880. The number of carbonyl (C=O) groups excluding carboxylic acids is 2. The number of hydrogen-bond acceptors (Lipinski definition) is 4. The van der Waals surface area contributed by atoms with Crippen molar-refractivity contribution in [2.45, 2.75) is 109 Å². The molecule has 2 aliphatic heterocycles. The van der Waals surface area contributed by atoms with Crippen LogP contribution in [0.2, 0.25) is 0 Å². The molecule has 2 N–H and O–H groups in total. The van der Waals surface area contributed by atoms with Gasteiger partial charge in [-0.3, -0.25) is 4.79 Å². The first kappa shape index (κ1) is 22.0. The van der Waals surface area contributed by atoms with Crippen LogP contribution in [0.5, 0.6) is 0 Å². The van der Waals surface area contributed by atoms with Crippen LogP contribution in [0.25, 0.3) is 0 Å². The second-order valence-electron chi connectivity index (χ2n) is 12.5. The number of carboxylic acid groups (broad SMARTS) is 1. The van der Waals surface area contributed by atoms with Gasteiger partial charge in [-0.2, -0.15) is 0 Å². The van der Waals surface area contributed by atoms with Gasteiger partial charge in [0.15, 0.2) is 0 Å². The van der Waals surface area contributed by atoms with Gasteiger partial charge in [0, 0.05) is 12.1 Å². The molecule has 178 valence electrons. The van der Waals surface area contributed by atoms with Crippen LogP contribution >= 0.6 is 0 Å². The molecule has 4 saturated carbocycles. The summed E-state index contributed by atoms with van der Waals surface area (Å²) in [4.78, 5) is 40.4. The van der Waals surface area contributed by atoms with Gasteiger partial charge < -0.3 is 20.1 Å². The van der Waals surface area contributed by atoms with Gasteiger partial charge in [-0.05, 0) is 109 Å². The van der Waals surface area contributed by atoms with Crippen LogP contribution in [0, 0.1) is 29.1 Å². The largest absolute Gasteiger partial charge is 0.480 e. The molecule has 2 amide bonds. The minimum atomic E-state index is -1.03. The average molecular weight is 447 g/mol. The van der Waals surface area contributed by atoms with Gasteiger partial charge in [-0.25, -0.2) is 9.59 Å². The van der Waals surface area contributed by atoms with E-state index in [1.807, 2.05) is 0 Å². The molecule has 6 rings (SSSR count). The Hall–Kier alpha value is -1.79. The van der Waals surface area contributed by atoms with Crippen LogP contribution < -0.4 is 5.32 Å². The van der Waals surface area contributed by atoms with Gasteiger partial charge >= 0.3 is 12.1 Å². The molecule has 7 nitrogen and oxygen atoms in total. The highest BCUT2D eigenvalue weighted by Gasteiger charge is 2.58. The summed E-state index contributed by atoms with van der Waals surface area (Å²) in [6.07, 6.45) is 9.62. The smallest absolute Gasteiger partial charge is 0.408 e. The molecule has 6 fully saturated rings. The summed E-state index contributed by atoms with van der Waals surface area (Å²) in [6, 6.07) is -0.784. The van der Waals surface area contributed by atoms with Crippen LogP contribution in [0.15, 0.2) is 0 Å². The molecule has 6 aliphatic rings. The van der Waals surface area contributed by atoms with Crippen molar-refractivity contribution in [3.8, 4) is 0 Å². The van der Waals surface area contributed by atoms with E-state index >= 15 is 0 Å². The number of nitrogens with zero attached hydrogens (tertiary/aromatic N) is 1. The summed E-state index contributed by atoms with van der Waals surface area (Å²) in [5, 5.41) is 12.4. The Morgan fingerprint density at radius 2 is 1.44 bits per heavy atom. The molecule has 4 aliphatic carbocycles. The Bertz CT molecular complexity index is 753. The molecule has 0 radical (unpaired) electrons. The molecule has 3 atom stereocenters. The second-order valence-corrected chi connectivity index (χ2v) is 12.5.